The summed E-state index contributed by atoms with van der Waals surface area (Å²) in [5, 5.41) is 18.3. The molecule has 0 aromatic heterocycles. The van der Waals surface area contributed by atoms with Crippen molar-refractivity contribution in [2.75, 3.05) is 40.8 Å². The average Bonchev–Trinajstić information content (AvgIpc) is 2.59. The molecule has 0 heterocycles. The molecule has 3 N–H and O–H groups in total. The Hall–Kier alpha value is -1.67. The van der Waals surface area contributed by atoms with E-state index in [2.05, 4.69) is 11.7 Å². The first-order valence-corrected chi connectivity index (χ1v) is 11.0. The lowest BCUT2D eigenvalue weighted by atomic mass is 10.1. The van der Waals surface area contributed by atoms with Crippen LogP contribution in [0.1, 0.15) is 84.5 Å². The summed E-state index contributed by atoms with van der Waals surface area (Å²) in [7, 11) is 5.40. The molecule has 0 saturated carbocycles. The first-order chi connectivity index (χ1) is 14.0. The summed E-state index contributed by atoms with van der Waals surface area (Å²) in [6.07, 6.45) is 12.2. The number of hydrogen-bond acceptors (Lipinski definition) is 6. The number of carbonyl (C=O) groups excluding carboxylic acids is 2. The van der Waals surface area contributed by atoms with Gasteiger partial charge in [0.15, 0.2) is 0 Å². The van der Waals surface area contributed by atoms with Crippen LogP contribution < -0.4 is 10.8 Å². The largest absolute Gasteiger partial charge is 0.544 e. The summed E-state index contributed by atoms with van der Waals surface area (Å²) in [6.45, 7) is 4.71. The number of nitrogens with two attached hydrogens (primary N) is 1. The van der Waals surface area contributed by atoms with Gasteiger partial charge in [0.2, 0.25) is 0 Å². The maximum Gasteiger partial charge on any atom is 0.303 e. The molecular weight excluding hydrogens is 388 g/mol. The number of aliphatic carboxylic acids is 2. The lowest BCUT2D eigenvalue weighted by molar-refractivity contribution is -0.864. The Labute approximate surface area is 183 Å². The van der Waals surface area contributed by atoms with E-state index in [0.29, 0.717) is 24.1 Å². The number of carboxylic acids is 2. The van der Waals surface area contributed by atoms with Gasteiger partial charge in [-0.15, -0.1) is 0 Å². The van der Waals surface area contributed by atoms with Crippen LogP contribution in [0.25, 0.3) is 0 Å². The van der Waals surface area contributed by atoms with E-state index in [-0.39, 0.29) is 12.5 Å². The molecule has 0 atom stereocenters. The number of unbranched alkanes of at least 4 members (excludes halogenated alkanes) is 8. The van der Waals surface area contributed by atoms with E-state index in [9.17, 15) is 19.5 Å². The summed E-state index contributed by atoms with van der Waals surface area (Å²) < 4.78 is 4.98. The van der Waals surface area contributed by atoms with Crippen LogP contribution in [0.4, 0.5) is 0 Å². The van der Waals surface area contributed by atoms with Crippen LogP contribution >= 0.6 is 0 Å². The Balaban J connectivity index is -0.000000391. The SMILES string of the molecule is CC(=O)OCCCN.CCCCCCCCCCCC(=O)O.C[N+](C)(C)CC(=O)[O-]. The third kappa shape index (κ3) is 45.2. The van der Waals surface area contributed by atoms with Crippen LogP contribution in [-0.4, -0.2) is 68.3 Å². The van der Waals surface area contributed by atoms with Gasteiger partial charge in [-0.2, -0.15) is 0 Å². The maximum absolute atomic E-state index is 10.2. The first-order valence-electron chi connectivity index (χ1n) is 11.0. The zero-order valence-corrected chi connectivity index (χ0v) is 19.9. The number of hydrogen-bond donors (Lipinski definition) is 2. The van der Waals surface area contributed by atoms with Crippen molar-refractivity contribution in [2.45, 2.75) is 84.5 Å². The van der Waals surface area contributed by atoms with Gasteiger partial charge in [0.05, 0.1) is 33.7 Å². The molecule has 30 heavy (non-hydrogen) atoms. The number of likely N-dealkylation sites (N-methyl/N-ethyl adjacent to an activating group) is 1. The second-order valence-electron chi connectivity index (χ2n) is 8.27. The van der Waals surface area contributed by atoms with Crippen LogP contribution in [0.2, 0.25) is 0 Å². The predicted molar refractivity (Wildman–Crippen MR) is 118 cm³/mol. The highest BCUT2D eigenvalue weighted by atomic mass is 16.5. The second-order valence-corrected chi connectivity index (χ2v) is 8.27. The van der Waals surface area contributed by atoms with E-state index >= 15 is 0 Å². The van der Waals surface area contributed by atoms with E-state index in [0.717, 1.165) is 19.3 Å². The van der Waals surface area contributed by atoms with Crippen LogP contribution in [0.3, 0.4) is 0 Å². The van der Waals surface area contributed by atoms with Gasteiger partial charge in [-0.3, -0.25) is 9.59 Å². The first kappa shape index (κ1) is 33.0. The number of carboxylic acid groups (broad SMARTS) is 2. The fourth-order valence-corrected chi connectivity index (χ4v) is 2.27. The number of esters is 1. The number of nitrogens with zero attached hydrogens (tertiary/aromatic N) is 1. The van der Waals surface area contributed by atoms with E-state index in [1.807, 2.05) is 0 Å². The zero-order chi connectivity index (χ0) is 23.8. The molecule has 0 aliphatic carbocycles. The minimum atomic E-state index is -1.00. The van der Waals surface area contributed by atoms with Crippen molar-refractivity contribution in [2.24, 2.45) is 5.73 Å². The number of carbonyl (C=O) groups is 3. The van der Waals surface area contributed by atoms with Crippen molar-refractivity contribution >= 4 is 17.9 Å². The van der Waals surface area contributed by atoms with Gasteiger partial charge >= 0.3 is 11.9 Å². The van der Waals surface area contributed by atoms with Gasteiger partial charge in [-0.05, 0) is 19.4 Å². The van der Waals surface area contributed by atoms with E-state index in [4.69, 9.17) is 10.8 Å². The molecule has 8 heteroatoms. The molecule has 0 aromatic carbocycles. The van der Waals surface area contributed by atoms with E-state index < -0.39 is 11.9 Å². The molecule has 0 bridgehead atoms. The Morgan fingerprint density at radius 1 is 0.900 bits per heavy atom. The molecule has 0 aliphatic rings. The van der Waals surface area contributed by atoms with Crippen molar-refractivity contribution in [1.29, 1.82) is 0 Å². The molecule has 0 aliphatic heterocycles. The van der Waals surface area contributed by atoms with Gasteiger partial charge in [0.25, 0.3) is 0 Å². The molecule has 0 saturated heterocycles. The van der Waals surface area contributed by atoms with Crippen molar-refractivity contribution in [3.8, 4) is 0 Å². The Bertz CT molecular complexity index is 422. The van der Waals surface area contributed by atoms with Crippen LogP contribution in [0.5, 0.6) is 0 Å². The minimum absolute atomic E-state index is 0.0694. The molecule has 0 radical (unpaired) electrons. The minimum Gasteiger partial charge on any atom is -0.544 e. The fourth-order valence-electron chi connectivity index (χ4n) is 2.27. The van der Waals surface area contributed by atoms with Crippen molar-refractivity contribution in [3.05, 3.63) is 0 Å². The molecular formula is C22H46N2O6. The maximum atomic E-state index is 10.2. The quantitative estimate of drug-likeness (QED) is 0.230. The molecule has 0 spiro atoms. The zero-order valence-electron chi connectivity index (χ0n) is 19.9. The van der Waals surface area contributed by atoms with Crippen molar-refractivity contribution < 1.29 is 33.8 Å². The van der Waals surface area contributed by atoms with E-state index in [1.54, 1.807) is 21.1 Å². The smallest absolute Gasteiger partial charge is 0.303 e. The monoisotopic (exact) mass is 434 g/mol. The molecule has 0 fully saturated rings. The van der Waals surface area contributed by atoms with E-state index in [1.165, 1.54) is 51.9 Å². The molecule has 0 aromatic rings. The highest BCUT2D eigenvalue weighted by Crippen LogP contribution is 2.10. The Kier molecular flexibility index (Phi) is 26.0. The second kappa shape index (κ2) is 23.6. The fraction of sp³-hybridized carbons (Fsp3) is 0.864. The summed E-state index contributed by atoms with van der Waals surface area (Å²) in [5.41, 5.74) is 5.12. The van der Waals surface area contributed by atoms with Crippen molar-refractivity contribution in [1.82, 2.24) is 0 Å². The van der Waals surface area contributed by atoms with Crippen LogP contribution in [0, 0.1) is 0 Å². The predicted octanol–water partition coefficient (Wildman–Crippen LogP) is 2.33. The summed E-state index contributed by atoms with van der Waals surface area (Å²) in [6, 6.07) is 0. The summed E-state index contributed by atoms with van der Waals surface area (Å²) in [4.78, 5) is 30.2. The lowest BCUT2D eigenvalue weighted by Gasteiger charge is -2.23. The summed E-state index contributed by atoms with van der Waals surface area (Å²) >= 11 is 0. The van der Waals surface area contributed by atoms with Gasteiger partial charge in [-0.25, -0.2) is 0 Å². The third-order valence-electron chi connectivity index (χ3n) is 3.75. The van der Waals surface area contributed by atoms with Gasteiger partial charge in [0, 0.05) is 13.3 Å². The Morgan fingerprint density at radius 3 is 1.67 bits per heavy atom. The normalized spacial score (nSPS) is 10.2. The summed E-state index contributed by atoms with van der Waals surface area (Å²) in [5.74, 6) is -1.90. The van der Waals surface area contributed by atoms with Crippen LogP contribution in [0.15, 0.2) is 0 Å². The van der Waals surface area contributed by atoms with Crippen molar-refractivity contribution in [3.63, 3.8) is 0 Å². The standard InChI is InChI=1S/C12H24O2.2C5H11NO2/c1-2-3-4-5-6-7-8-9-10-11-12(13)14;1-6(2,3)4-5(7)8;1-5(7)8-4-2-3-6/h2-11H2,1H3,(H,13,14);4H2,1-3H3;2-4,6H2,1H3. The lowest BCUT2D eigenvalue weighted by Crippen LogP contribution is -2.45. The highest BCUT2D eigenvalue weighted by molar-refractivity contribution is 5.66. The van der Waals surface area contributed by atoms with Gasteiger partial charge in [0.1, 0.15) is 6.54 Å². The molecule has 0 unspecified atom stereocenters. The topological polar surface area (TPSA) is 130 Å². The third-order valence-corrected chi connectivity index (χ3v) is 3.75. The molecule has 8 nitrogen and oxygen atoms in total. The molecule has 0 amide bonds. The van der Waals surface area contributed by atoms with Gasteiger partial charge in [-0.1, -0.05) is 58.3 Å². The molecule has 0 rings (SSSR count). The highest BCUT2D eigenvalue weighted by Gasteiger charge is 2.04. The number of rotatable bonds is 15. The average molecular weight is 435 g/mol. The number of ether oxygens (including phenoxy) is 1. The number of quaternary nitrogens is 1. The van der Waals surface area contributed by atoms with Gasteiger partial charge < -0.3 is 30.0 Å². The molecule has 180 valence electrons. The van der Waals surface area contributed by atoms with Crippen LogP contribution in [-0.2, 0) is 19.1 Å². The Morgan fingerprint density at radius 2 is 1.37 bits per heavy atom.